The van der Waals surface area contributed by atoms with Gasteiger partial charge in [0, 0.05) is 23.6 Å². The van der Waals surface area contributed by atoms with Gasteiger partial charge in [0.05, 0.1) is 17.1 Å². The minimum absolute atomic E-state index is 0.406. The van der Waals surface area contributed by atoms with E-state index in [-0.39, 0.29) is 0 Å². The van der Waals surface area contributed by atoms with Gasteiger partial charge in [-0.25, -0.2) is 0 Å². The summed E-state index contributed by atoms with van der Waals surface area (Å²) >= 11 is 0. The van der Waals surface area contributed by atoms with Crippen LogP contribution in [0.3, 0.4) is 0 Å². The quantitative estimate of drug-likeness (QED) is 0.574. The molecule has 1 aromatic carbocycles. The number of rotatable bonds is 5. The van der Waals surface area contributed by atoms with Gasteiger partial charge in [-0.3, -0.25) is 9.97 Å². The van der Waals surface area contributed by atoms with Crippen molar-refractivity contribution in [2.75, 3.05) is 19.3 Å². The molecule has 0 aliphatic heterocycles. The van der Waals surface area contributed by atoms with Crippen LogP contribution < -0.4 is 11.1 Å². The molecule has 1 aromatic heterocycles. The van der Waals surface area contributed by atoms with Crippen molar-refractivity contribution >= 4 is 16.7 Å². The lowest BCUT2D eigenvalue weighted by atomic mass is 9.98. The number of aliphatic hydroxyl groups excluding tert-OH is 2. The van der Waals surface area contributed by atoms with Gasteiger partial charge >= 0.3 is 0 Å². The minimum Gasteiger partial charge on any atom is -0.398 e. The van der Waals surface area contributed by atoms with Crippen molar-refractivity contribution in [3.05, 3.63) is 30.1 Å². The second-order valence-corrected chi connectivity index (χ2v) is 4.40. The molecule has 0 radical (unpaired) electrons. The zero-order valence-electron chi connectivity index (χ0n) is 10.7. The van der Waals surface area contributed by atoms with Crippen LogP contribution in [0.2, 0.25) is 0 Å². The van der Waals surface area contributed by atoms with Crippen molar-refractivity contribution in [2.45, 2.75) is 18.6 Å². The third-order valence-electron chi connectivity index (χ3n) is 3.06. The van der Waals surface area contributed by atoms with Gasteiger partial charge in [-0.1, -0.05) is 0 Å². The average Bonchev–Trinajstić information content (AvgIpc) is 2.44. The SMILES string of the molecule is CNCCC(O)C(O)c1c(N)ccc2nccnc12. The Balaban J connectivity index is 2.40. The van der Waals surface area contributed by atoms with Crippen LogP contribution in [0.25, 0.3) is 11.0 Å². The van der Waals surface area contributed by atoms with Crippen molar-refractivity contribution in [1.82, 2.24) is 15.3 Å². The fraction of sp³-hybridized carbons (Fsp3) is 0.385. The Hall–Kier alpha value is -1.76. The molecule has 6 nitrogen and oxygen atoms in total. The Morgan fingerprint density at radius 2 is 2.00 bits per heavy atom. The van der Waals surface area contributed by atoms with Gasteiger partial charge in [0.25, 0.3) is 0 Å². The third-order valence-corrected chi connectivity index (χ3v) is 3.06. The van der Waals surface area contributed by atoms with E-state index >= 15 is 0 Å². The van der Waals surface area contributed by atoms with Crippen molar-refractivity contribution in [1.29, 1.82) is 0 Å². The number of hydrogen-bond acceptors (Lipinski definition) is 6. The first-order valence-electron chi connectivity index (χ1n) is 6.15. The highest BCUT2D eigenvalue weighted by molar-refractivity contribution is 5.83. The summed E-state index contributed by atoms with van der Waals surface area (Å²) in [6, 6.07) is 3.41. The predicted octanol–water partition coefficient (Wildman–Crippen LogP) is 0.216. The summed E-state index contributed by atoms with van der Waals surface area (Å²) in [6.45, 7) is 0.606. The van der Waals surface area contributed by atoms with Crippen LogP contribution in [0.15, 0.2) is 24.5 Å². The molecule has 0 aliphatic rings. The summed E-state index contributed by atoms with van der Waals surface area (Å²) in [7, 11) is 1.79. The zero-order chi connectivity index (χ0) is 13.8. The number of benzene rings is 1. The summed E-state index contributed by atoms with van der Waals surface area (Å²) in [4.78, 5) is 8.36. The molecule has 0 spiro atoms. The summed E-state index contributed by atoms with van der Waals surface area (Å²) in [5.74, 6) is 0. The van der Waals surface area contributed by atoms with Gasteiger partial charge in [-0.15, -0.1) is 0 Å². The Bertz CT molecular complexity index is 561. The minimum atomic E-state index is -1.08. The molecular weight excluding hydrogens is 244 g/mol. The van der Waals surface area contributed by atoms with Crippen LogP contribution in [0.4, 0.5) is 5.69 Å². The molecule has 2 atom stereocenters. The summed E-state index contributed by atoms with van der Waals surface area (Å²) in [5, 5.41) is 23.2. The van der Waals surface area contributed by atoms with E-state index in [9.17, 15) is 10.2 Å². The second-order valence-electron chi connectivity index (χ2n) is 4.40. The van der Waals surface area contributed by atoms with E-state index in [1.165, 1.54) is 6.20 Å². The number of anilines is 1. The molecule has 2 rings (SSSR count). The summed E-state index contributed by atoms with van der Waals surface area (Å²) < 4.78 is 0. The lowest BCUT2D eigenvalue weighted by Crippen LogP contribution is -2.24. The second kappa shape index (κ2) is 5.92. The fourth-order valence-corrected chi connectivity index (χ4v) is 2.03. The van der Waals surface area contributed by atoms with Crippen molar-refractivity contribution in [3.63, 3.8) is 0 Å². The van der Waals surface area contributed by atoms with Gasteiger partial charge in [0.2, 0.25) is 0 Å². The fourth-order valence-electron chi connectivity index (χ4n) is 2.03. The Kier molecular flexibility index (Phi) is 4.26. The highest BCUT2D eigenvalue weighted by Gasteiger charge is 2.23. The third kappa shape index (κ3) is 2.81. The molecule has 0 amide bonds. The predicted molar refractivity (Wildman–Crippen MR) is 73.5 cm³/mol. The van der Waals surface area contributed by atoms with E-state index < -0.39 is 12.2 Å². The maximum absolute atomic E-state index is 10.3. The van der Waals surface area contributed by atoms with E-state index in [1.54, 1.807) is 25.4 Å². The molecule has 2 aromatic rings. The molecule has 1 heterocycles. The lowest BCUT2D eigenvalue weighted by Gasteiger charge is -2.20. The van der Waals surface area contributed by atoms with Gasteiger partial charge in [-0.2, -0.15) is 0 Å². The zero-order valence-corrected chi connectivity index (χ0v) is 10.7. The van der Waals surface area contributed by atoms with Crippen LogP contribution in [0.1, 0.15) is 18.1 Å². The van der Waals surface area contributed by atoms with Gasteiger partial charge in [0.1, 0.15) is 6.10 Å². The Morgan fingerprint density at radius 1 is 1.26 bits per heavy atom. The van der Waals surface area contributed by atoms with Crippen LogP contribution >= 0.6 is 0 Å². The van der Waals surface area contributed by atoms with Gasteiger partial charge in [-0.05, 0) is 32.1 Å². The van der Waals surface area contributed by atoms with Crippen LogP contribution in [-0.4, -0.2) is 39.9 Å². The number of aliphatic hydroxyl groups is 2. The monoisotopic (exact) mass is 262 g/mol. The smallest absolute Gasteiger partial charge is 0.109 e. The van der Waals surface area contributed by atoms with Crippen LogP contribution in [0, 0.1) is 0 Å². The lowest BCUT2D eigenvalue weighted by molar-refractivity contribution is 0.0152. The maximum atomic E-state index is 10.3. The molecule has 6 heteroatoms. The molecular formula is C13H18N4O2. The van der Waals surface area contributed by atoms with Crippen molar-refractivity contribution < 1.29 is 10.2 Å². The van der Waals surface area contributed by atoms with Crippen LogP contribution in [0.5, 0.6) is 0 Å². The van der Waals surface area contributed by atoms with Crippen LogP contribution in [-0.2, 0) is 0 Å². The molecule has 0 saturated carbocycles. The number of aromatic nitrogens is 2. The van der Waals surface area contributed by atoms with E-state index in [2.05, 4.69) is 15.3 Å². The standard InChI is InChI=1S/C13H18N4O2/c1-15-5-4-10(18)13(19)11-8(14)2-3-9-12(11)17-7-6-16-9/h2-3,6-7,10,13,15,18-19H,4-5,14H2,1H3. The summed E-state index contributed by atoms with van der Waals surface area (Å²) in [5.41, 5.74) is 7.92. The Labute approximate surface area is 111 Å². The van der Waals surface area contributed by atoms with E-state index in [4.69, 9.17) is 5.73 Å². The molecule has 0 saturated heterocycles. The number of hydrogen-bond donors (Lipinski definition) is 4. The normalized spacial score (nSPS) is 14.5. The van der Waals surface area contributed by atoms with Crippen molar-refractivity contribution in [3.8, 4) is 0 Å². The first-order valence-corrected chi connectivity index (χ1v) is 6.15. The van der Waals surface area contributed by atoms with E-state index in [0.29, 0.717) is 35.2 Å². The highest BCUT2D eigenvalue weighted by atomic mass is 16.3. The van der Waals surface area contributed by atoms with E-state index in [1.807, 2.05) is 0 Å². The maximum Gasteiger partial charge on any atom is 0.109 e. The number of nitrogens with two attached hydrogens (primary N) is 1. The topological polar surface area (TPSA) is 104 Å². The molecule has 19 heavy (non-hydrogen) atoms. The number of fused-ring (bicyclic) bond motifs is 1. The highest BCUT2D eigenvalue weighted by Crippen LogP contribution is 2.30. The van der Waals surface area contributed by atoms with E-state index in [0.717, 1.165) is 0 Å². The Morgan fingerprint density at radius 3 is 2.74 bits per heavy atom. The molecule has 5 N–H and O–H groups in total. The first-order chi connectivity index (χ1) is 9.15. The first kappa shape index (κ1) is 13.7. The number of nitrogens with one attached hydrogen (secondary N) is 1. The number of nitrogen functional groups attached to an aromatic ring is 1. The van der Waals surface area contributed by atoms with Gasteiger partial charge in [0.15, 0.2) is 0 Å². The largest absolute Gasteiger partial charge is 0.398 e. The molecule has 0 bridgehead atoms. The van der Waals surface area contributed by atoms with Crippen molar-refractivity contribution in [2.24, 2.45) is 0 Å². The molecule has 2 unspecified atom stereocenters. The molecule has 0 aliphatic carbocycles. The average molecular weight is 262 g/mol. The van der Waals surface area contributed by atoms with Gasteiger partial charge < -0.3 is 21.3 Å². The molecule has 102 valence electrons. The number of nitrogens with zero attached hydrogens (tertiary/aromatic N) is 2. The summed E-state index contributed by atoms with van der Waals surface area (Å²) in [6.07, 6.45) is 1.56. The molecule has 0 fully saturated rings.